The van der Waals surface area contributed by atoms with Gasteiger partial charge in [-0.05, 0) is 48.6 Å². The molecule has 0 aromatic heterocycles. The Bertz CT molecular complexity index is 441. The summed E-state index contributed by atoms with van der Waals surface area (Å²) in [5.74, 6) is 0.744. The van der Waals surface area contributed by atoms with Crippen LogP contribution in [-0.2, 0) is 17.7 Å². The summed E-state index contributed by atoms with van der Waals surface area (Å²) in [5, 5.41) is 0. The molecular formula is C15H18F3NO. The van der Waals surface area contributed by atoms with Gasteiger partial charge in [0.1, 0.15) is 0 Å². The van der Waals surface area contributed by atoms with E-state index in [1.165, 1.54) is 11.1 Å². The van der Waals surface area contributed by atoms with Crippen molar-refractivity contribution in [3.63, 3.8) is 0 Å². The fourth-order valence-electron chi connectivity index (χ4n) is 3.56. The topological polar surface area (TPSA) is 21.3 Å². The van der Waals surface area contributed by atoms with Gasteiger partial charge in [-0.25, -0.2) is 0 Å². The molecule has 2 aliphatic rings. The van der Waals surface area contributed by atoms with E-state index in [0.29, 0.717) is 11.8 Å². The monoisotopic (exact) mass is 285 g/mol. The molecule has 2 nitrogen and oxygen atoms in total. The molecule has 3 rings (SSSR count). The maximum Gasteiger partial charge on any atom is 0.413 e. The fourth-order valence-corrected chi connectivity index (χ4v) is 3.56. The van der Waals surface area contributed by atoms with E-state index >= 15 is 0 Å². The van der Waals surface area contributed by atoms with Gasteiger partial charge in [0.15, 0.2) is 6.61 Å². The zero-order valence-electron chi connectivity index (χ0n) is 11.1. The molecule has 1 aromatic carbocycles. The molecule has 1 fully saturated rings. The molecule has 110 valence electrons. The molecule has 1 saturated carbocycles. The lowest BCUT2D eigenvalue weighted by Crippen LogP contribution is -2.40. The Morgan fingerprint density at radius 1 is 1.05 bits per heavy atom. The van der Waals surface area contributed by atoms with Gasteiger partial charge in [-0.1, -0.05) is 24.3 Å². The first kappa shape index (κ1) is 13.9. The third kappa shape index (κ3) is 2.99. The lowest BCUT2D eigenvalue weighted by atomic mass is 9.94. The van der Waals surface area contributed by atoms with E-state index in [4.69, 9.17) is 4.84 Å². The van der Waals surface area contributed by atoms with Crippen LogP contribution in [0.3, 0.4) is 0 Å². The van der Waals surface area contributed by atoms with Crippen molar-refractivity contribution in [3.8, 4) is 0 Å². The third-order valence-electron chi connectivity index (χ3n) is 4.46. The van der Waals surface area contributed by atoms with Crippen molar-refractivity contribution in [3.05, 3.63) is 35.4 Å². The second kappa shape index (κ2) is 5.37. The normalized spacial score (nSPS) is 29.1. The number of rotatable bonds is 3. The molecule has 0 amide bonds. The Labute approximate surface area is 116 Å². The highest BCUT2D eigenvalue weighted by atomic mass is 19.4. The van der Waals surface area contributed by atoms with E-state index in [1.54, 1.807) is 0 Å². The minimum absolute atomic E-state index is 0.0322. The summed E-state index contributed by atoms with van der Waals surface area (Å²) in [6.45, 7) is -1.23. The van der Waals surface area contributed by atoms with Gasteiger partial charge >= 0.3 is 6.18 Å². The smallest absolute Gasteiger partial charge is 0.292 e. The van der Waals surface area contributed by atoms with Crippen LogP contribution >= 0.6 is 0 Å². The second-order valence-corrected chi connectivity index (χ2v) is 5.82. The van der Waals surface area contributed by atoms with Crippen LogP contribution in [0, 0.1) is 11.8 Å². The van der Waals surface area contributed by atoms with Crippen LogP contribution in [0.25, 0.3) is 0 Å². The van der Waals surface area contributed by atoms with E-state index in [0.717, 1.165) is 25.7 Å². The Morgan fingerprint density at radius 2 is 1.60 bits per heavy atom. The molecule has 0 aliphatic heterocycles. The largest absolute Gasteiger partial charge is 0.413 e. The number of fused-ring (bicyclic) bond motifs is 3. The highest BCUT2D eigenvalue weighted by Crippen LogP contribution is 2.40. The third-order valence-corrected chi connectivity index (χ3v) is 4.46. The van der Waals surface area contributed by atoms with Gasteiger partial charge in [0.05, 0.1) is 0 Å². The van der Waals surface area contributed by atoms with Crippen molar-refractivity contribution in [2.45, 2.75) is 37.9 Å². The van der Waals surface area contributed by atoms with Crippen molar-refractivity contribution in [1.82, 2.24) is 5.48 Å². The molecule has 20 heavy (non-hydrogen) atoms. The first-order valence-electron chi connectivity index (χ1n) is 7.04. The van der Waals surface area contributed by atoms with Crippen molar-refractivity contribution in [2.24, 2.45) is 11.8 Å². The highest BCUT2D eigenvalue weighted by Gasteiger charge is 2.39. The molecule has 0 heterocycles. The molecule has 2 bridgehead atoms. The van der Waals surface area contributed by atoms with Gasteiger partial charge in [-0.15, -0.1) is 0 Å². The van der Waals surface area contributed by atoms with E-state index in [-0.39, 0.29) is 6.04 Å². The Morgan fingerprint density at radius 3 is 2.10 bits per heavy atom. The fraction of sp³-hybridized carbons (Fsp3) is 0.600. The number of hydrogen-bond donors (Lipinski definition) is 1. The van der Waals surface area contributed by atoms with Gasteiger partial charge < -0.3 is 0 Å². The van der Waals surface area contributed by atoms with Gasteiger partial charge in [-0.2, -0.15) is 18.7 Å². The first-order chi connectivity index (χ1) is 9.53. The molecule has 0 radical (unpaired) electrons. The average molecular weight is 285 g/mol. The Kier molecular flexibility index (Phi) is 3.73. The predicted molar refractivity (Wildman–Crippen MR) is 69.0 cm³/mol. The van der Waals surface area contributed by atoms with E-state index in [2.05, 4.69) is 17.6 Å². The molecule has 2 aliphatic carbocycles. The van der Waals surface area contributed by atoms with Crippen LogP contribution in [0.5, 0.6) is 0 Å². The summed E-state index contributed by atoms with van der Waals surface area (Å²) < 4.78 is 36.5. The standard InChI is InChI=1S/C15H18F3NO/c16-15(17,18)9-20-19-14-12-5-6-13(14)8-11-4-2-1-3-10(11)7-12/h1-4,12-14,19H,5-9H2. The minimum Gasteiger partial charge on any atom is -0.292 e. The van der Waals surface area contributed by atoms with E-state index in [9.17, 15) is 13.2 Å². The molecule has 2 unspecified atom stereocenters. The maximum atomic E-state index is 12.2. The zero-order chi connectivity index (χ0) is 14.2. The van der Waals surface area contributed by atoms with E-state index in [1.807, 2.05) is 12.1 Å². The number of nitrogens with one attached hydrogen (secondary N) is 1. The van der Waals surface area contributed by atoms with Gasteiger partial charge in [0, 0.05) is 6.04 Å². The number of hydrogen-bond acceptors (Lipinski definition) is 2. The Hall–Kier alpha value is -1.07. The van der Waals surface area contributed by atoms with Crippen LogP contribution in [0.1, 0.15) is 24.0 Å². The van der Waals surface area contributed by atoms with Gasteiger partial charge in [0.2, 0.25) is 0 Å². The maximum absolute atomic E-state index is 12.2. The van der Waals surface area contributed by atoms with Gasteiger partial charge in [0.25, 0.3) is 0 Å². The Balaban J connectivity index is 1.67. The van der Waals surface area contributed by atoms with Crippen LogP contribution in [0.15, 0.2) is 24.3 Å². The average Bonchev–Trinajstić information content (AvgIpc) is 2.64. The second-order valence-electron chi connectivity index (χ2n) is 5.82. The van der Waals surface area contributed by atoms with Crippen molar-refractivity contribution < 1.29 is 18.0 Å². The number of halogens is 3. The number of hydroxylamine groups is 1. The summed E-state index contributed by atoms with van der Waals surface area (Å²) in [7, 11) is 0. The SMILES string of the molecule is FC(F)(F)CONC1C2CCC1Cc1ccccc1C2. The van der Waals surface area contributed by atoms with Crippen molar-refractivity contribution in [1.29, 1.82) is 0 Å². The predicted octanol–water partition coefficient (Wildman–Crippen LogP) is 3.26. The number of alkyl halides is 3. The summed E-state index contributed by atoms with van der Waals surface area (Å²) >= 11 is 0. The lowest BCUT2D eigenvalue weighted by Gasteiger charge is -2.23. The first-order valence-corrected chi connectivity index (χ1v) is 7.04. The molecule has 5 heteroatoms. The van der Waals surface area contributed by atoms with E-state index < -0.39 is 12.8 Å². The number of benzene rings is 1. The summed E-state index contributed by atoms with van der Waals surface area (Å²) in [5.41, 5.74) is 5.37. The lowest BCUT2D eigenvalue weighted by molar-refractivity contribution is -0.195. The van der Waals surface area contributed by atoms with Crippen LogP contribution in [0.2, 0.25) is 0 Å². The molecule has 2 atom stereocenters. The summed E-state index contributed by atoms with van der Waals surface area (Å²) in [4.78, 5) is 4.70. The molecule has 1 aromatic rings. The van der Waals surface area contributed by atoms with Crippen LogP contribution in [-0.4, -0.2) is 18.8 Å². The summed E-state index contributed by atoms with van der Waals surface area (Å²) in [6, 6.07) is 8.35. The molecular weight excluding hydrogens is 267 g/mol. The van der Waals surface area contributed by atoms with Crippen LogP contribution in [0.4, 0.5) is 13.2 Å². The summed E-state index contributed by atoms with van der Waals surface area (Å²) in [6.07, 6.45) is -0.294. The van der Waals surface area contributed by atoms with Crippen molar-refractivity contribution >= 4 is 0 Å². The highest BCUT2D eigenvalue weighted by molar-refractivity contribution is 5.30. The molecule has 0 saturated heterocycles. The minimum atomic E-state index is -4.28. The molecule has 0 spiro atoms. The quantitative estimate of drug-likeness (QED) is 0.861. The zero-order valence-corrected chi connectivity index (χ0v) is 11.1. The van der Waals surface area contributed by atoms with Gasteiger partial charge in [-0.3, -0.25) is 4.84 Å². The van der Waals surface area contributed by atoms with Crippen molar-refractivity contribution in [2.75, 3.05) is 6.61 Å². The van der Waals surface area contributed by atoms with Crippen LogP contribution < -0.4 is 5.48 Å². The molecule has 1 N–H and O–H groups in total.